The van der Waals surface area contributed by atoms with Crippen LogP contribution in [0.2, 0.25) is 0 Å². The Hall–Kier alpha value is -1.32. The number of anilines is 2. The summed E-state index contributed by atoms with van der Waals surface area (Å²) in [6.45, 7) is 4.11. The Balaban J connectivity index is 2.02. The van der Waals surface area contributed by atoms with Crippen molar-refractivity contribution < 1.29 is 0 Å². The Kier molecular flexibility index (Phi) is 2.27. The number of hydrogen-bond donors (Lipinski definition) is 2. The quantitative estimate of drug-likeness (QED) is 0.746. The summed E-state index contributed by atoms with van der Waals surface area (Å²) in [7, 11) is 0. The molecule has 0 aromatic carbocycles. The van der Waals surface area contributed by atoms with E-state index >= 15 is 0 Å². The average Bonchev–Trinajstić information content (AvgIpc) is 1.99. The second kappa shape index (κ2) is 3.44. The number of nitrogens with two attached hydrogens (primary N) is 1. The molecule has 2 rings (SSSR count). The van der Waals surface area contributed by atoms with Gasteiger partial charge in [0, 0.05) is 12.1 Å². The van der Waals surface area contributed by atoms with E-state index in [0.717, 1.165) is 17.6 Å². The molecule has 1 aromatic rings. The Labute approximate surface area is 83.9 Å². The molecule has 1 fully saturated rings. The van der Waals surface area contributed by atoms with Crippen LogP contribution in [0.4, 0.5) is 11.6 Å². The van der Waals surface area contributed by atoms with Gasteiger partial charge in [0.25, 0.3) is 0 Å². The third kappa shape index (κ3) is 1.95. The lowest BCUT2D eigenvalue weighted by molar-refractivity contribution is 0.308. The summed E-state index contributed by atoms with van der Waals surface area (Å²) in [5, 5.41) is 3.36. The third-order valence-electron chi connectivity index (χ3n) is 2.58. The van der Waals surface area contributed by atoms with Crippen LogP contribution >= 0.6 is 0 Å². The summed E-state index contributed by atoms with van der Waals surface area (Å²) in [6.07, 6.45) is 2.45. The van der Waals surface area contributed by atoms with Crippen LogP contribution in [0, 0.1) is 12.8 Å². The van der Waals surface area contributed by atoms with Gasteiger partial charge in [0.2, 0.25) is 0 Å². The van der Waals surface area contributed by atoms with Crippen LogP contribution < -0.4 is 11.1 Å². The van der Waals surface area contributed by atoms with Crippen molar-refractivity contribution in [3.63, 3.8) is 0 Å². The van der Waals surface area contributed by atoms with Crippen molar-refractivity contribution in [1.82, 2.24) is 9.97 Å². The maximum Gasteiger partial charge on any atom is 0.132 e. The topological polar surface area (TPSA) is 63.8 Å². The van der Waals surface area contributed by atoms with Gasteiger partial charge in [0.1, 0.15) is 17.5 Å². The lowest BCUT2D eigenvalue weighted by Crippen LogP contribution is -2.34. The predicted molar refractivity (Wildman–Crippen MR) is 57.0 cm³/mol. The van der Waals surface area contributed by atoms with Gasteiger partial charge in [-0.3, -0.25) is 0 Å². The summed E-state index contributed by atoms with van der Waals surface area (Å²) in [5.74, 6) is 2.95. The fourth-order valence-corrected chi connectivity index (χ4v) is 1.89. The molecule has 0 spiro atoms. The molecule has 1 aliphatic rings. The summed E-state index contributed by atoms with van der Waals surface area (Å²) in [4.78, 5) is 8.31. The fourth-order valence-electron chi connectivity index (χ4n) is 1.89. The van der Waals surface area contributed by atoms with Gasteiger partial charge in [-0.25, -0.2) is 9.97 Å². The van der Waals surface area contributed by atoms with E-state index in [4.69, 9.17) is 5.73 Å². The van der Waals surface area contributed by atoms with Crippen LogP contribution in [0.15, 0.2) is 6.07 Å². The van der Waals surface area contributed by atoms with Crippen molar-refractivity contribution in [2.24, 2.45) is 5.92 Å². The molecular formula is C10H16N4. The van der Waals surface area contributed by atoms with E-state index in [2.05, 4.69) is 22.2 Å². The van der Waals surface area contributed by atoms with Crippen molar-refractivity contribution in [3.05, 3.63) is 11.9 Å². The van der Waals surface area contributed by atoms with Gasteiger partial charge in [-0.05, 0) is 25.7 Å². The van der Waals surface area contributed by atoms with Crippen molar-refractivity contribution in [2.75, 3.05) is 11.1 Å². The highest BCUT2D eigenvalue weighted by Crippen LogP contribution is 2.29. The highest BCUT2D eigenvalue weighted by molar-refractivity contribution is 5.45. The standard InChI is InChI=1S/C10H16N4/c1-6-3-8(4-6)14-10-5-9(11)12-7(2)13-10/h5-6,8H,3-4H2,1-2H3,(H3,11,12,13,14). The second-order valence-electron chi connectivity index (χ2n) is 4.14. The number of nitrogens with one attached hydrogen (secondary N) is 1. The number of aryl methyl sites for hydroxylation is 1. The third-order valence-corrected chi connectivity index (χ3v) is 2.58. The molecule has 0 radical (unpaired) electrons. The van der Waals surface area contributed by atoms with Gasteiger partial charge in [0.05, 0.1) is 0 Å². The Bertz CT molecular complexity index is 311. The highest BCUT2D eigenvalue weighted by Gasteiger charge is 2.25. The summed E-state index contributed by atoms with van der Waals surface area (Å²) >= 11 is 0. The second-order valence-corrected chi connectivity index (χ2v) is 4.14. The maximum atomic E-state index is 5.63. The first-order valence-electron chi connectivity index (χ1n) is 5.01. The van der Waals surface area contributed by atoms with Crippen molar-refractivity contribution in [1.29, 1.82) is 0 Å². The number of rotatable bonds is 2. The van der Waals surface area contributed by atoms with Crippen LogP contribution in [0.1, 0.15) is 25.6 Å². The van der Waals surface area contributed by atoms with E-state index < -0.39 is 0 Å². The van der Waals surface area contributed by atoms with Gasteiger partial charge >= 0.3 is 0 Å². The molecular weight excluding hydrogens is 176 g/mol. The summed E-state index contributed by atoms with van der Waals surface area (Å²) in [5.41, 5.74) is 5.63. The molecule has 4 nitrogen and oxygen atoms in total. The highest BCUT2D eigenvalue weighted by atomic mass is 15.1. The van der Waals surface area contributed by atoms with Crippen molar-refractivity contribution in [2.45, 2.75) is 32.7 Å². The molecule has 0 amide bonds. The van der Waals surface area contributed by atoms with Crippen LogP contribution in [0.5, 0.6) is 0 Å². The van der Waals surface area contributed by atoms with E-state index in [0.29, 0.717) is 11.9 Å². The lowest BCUT2D eigenvalue weighted by atomic mass is 9.82. The van der Waals surface area contributed by atoms with Gasteiger partial charge < -0.3 is 11.1 Å². The SMILES string of the molecule is Cc1nc(N)cc(NC2CC(C)C2)n1. The lowest BCUT2D eigenvalue weighted by Gasteiger charge is -2.33. The minimum absolute atomic E-state index is 0.535. The number of aromatic nitrogens is 2. The minimum atomic E-state index is 0.535. The maximum absolute atomic E-state index is 5.63. The smallest absolute Gasteiger partial charge is 0.132 e. The van der Waals surface area contributed by atoms with Crippen LogP contribution in [-0.2, 0) is 0 Å². The molecule has 1 aromatic heterocycles. The zero-order valence-corrected chi connectivity index (χ0v) is 8.62. The first-order chi connectivity index (χ1) is 6.63. The van der Waals surface area contributed by atoms with Crippen molar-refractivity contribution >= 4 is 11.6 Å². The molecule has 0 aliphatic heterocycles. The van der Waals surface area contributed by atoms with Gasteiger partial charge in [-0.2, -0.15) is 0 Å². The minimum Gasteiger partial charge on any atom is -0.384 e. The molecule has 14 heavy (non-hydrogen) atoms. The van der Waals surface area contributed by atoms with Crippen LogP contribution in [0.25, 0.3) is 0 Å². The molecule has 4 heteroatoms. The van der Waals surface area contributed by atoms with Gasteiger partial charge in [-0.1, -0.05) is 6.92 Å². The van der Waals surface area contributed by atoms with Gasteiger partial charge in [-0.15, -0.1) is 0 Å². The van der Waals surface area contributed by atoms with Crippen LogP contribution in [0.3, 0.4) is 0 Å². The molecule has 0 bridgehead atoms. The fraction of sp³-hybridized carbons (Fsp3) is 0.600. The molecule has 0 saturated heterocycles. The van der Waals surface area contributed by atoms with E-state index in [-0.39, 0.29) is 0 Å². The van der Waals surface area contributed by atoms with E-state index in [1.54, 1.807) is 6.07 Å². The summed E-state index contributed by atoms with van der Waals surface area (Å²) in [6, 6.07) is 2.36. The van der Waals surface area contributed by atoms with Gasteiger partial charge in [0.15, 0.2) is 0 Å². The first-order valence-corrected chi connectivity index (χ1v) is 5.01. The molecule has 1 saturated carbocycles. The zero-order valence-electron chi connectivity index (χ0n) is 8.62. The Morgan fingerprint density at radius 2 is 2.14 bits per heavy atom. The normalized spacial score (nSPS) is 25.6. The van der Waals surface area contributed by atoms with Crippen molar-refractivity contribution in [3.8, 4) is 0 Å². The molecule has 76 valence electrons. The molecule has 0 unspecified atom stereocenters. The predicted octanol–water partition coefficient (Wildman–Crippen LogP) is 1.58. The Morgan fingerprint density at radius 3 is 2.71 bits per heavy atom. The molecule has 1 heterocycles. The van der Waals surface area contributed by atoms with E-state index in [1.807, 2.05) is 6.92 Å². The Morgan fingerprint density at radius 1 is 1.43 bits per heavy atom. The molecule has 1 aliphatic carbocycles. The monoisotopic (exact) mass is 192 g/mol. The largest absolute Gasteiger partial charge is 0.384 e. The van der Waals surface area contributed by atoms with Crippen LogP contribution in [-0.4, -0.2) is 16.0 Å². The first kappa shape index (κ1) is 9.24. The molecule has 3 N–H and O–H groups in total. The van der Waals surface area contributed by atoms with E-state index in [1.165, 1.54) is 12.8 Å². The summed E-state index contributed by atoms with van der Waals surface area (Å²) < 4.78 is 0. The average molecular weight is 192 g/mol. The molecule has 0 atom stereocenters. The number of nitrogen functional groups attached to an aromatic ring is 1. The number of hydrogen-bond acceptors (Lipinski definition) is 4. The van der Waals surface area contributed by atoms with E-state index in [9.17, 15) is 0 Å². The zero-order chi connectivity index (χ0) is 10.1. The number of nitrogens with zero attached hydrogens (tertiary/aromatic N) is 2.